The van der Waals surface area contributed by atoms with Crippen molar-refractivity contribution in [1.82, 2.24) is 0 Å². The molecule has 2 aliphatic heterocycles. The first kappa shape index (κ1) is 18.4. The number of carbonyl (C=O) groups excluding carboxylic acids is 1. The summed E-state index contributed by atoms with van der Waals surface area (Å²) in [7, 11) is 0. The third-order valence-electron chi connectivity index (χ3n) is 5.30. The van der Waals surface area contributed by atoms with Crippen LogP contribution < -0.4 is 0 Å². The van der Waals surface area contributed by atoms with E-state index in [1.54, 1.807) is 6.92 Å². The van der Waals surface area contributed by atoms with Crippen LogP contribution in [0.2, 0.25) is 0 Å². The molecule has 4 atom stereocenters. The summed E-state index contributed by atoms with van der Waals surface area (Å²) in [6, 6.07) is 0. The predicted octanol–water partition coefficient (Wildman–Crippen LogP) is 4.20. The Morgan fingerprint density at radius 3 is 2.65 bits per heavy atom. The van der Waals surface area contributed by atoms with Crippen molar-refractivity contribution in [2.75, 3.05) is 0 Å². The molecule has 2 aliphatic rings. The number of ketones is 1. The molecule has 0 amide bonds. The van der Waals surface area contributed by atoms with E-state index < -0.39 is 11.2 Å². The van der Waals surface area contributed by atoms with Crippen LogP contribution in [0.5, 0.6) is 0 Å². The Bertz CT molecular complexity index is 489. The average Bonchev–Trinajstić information content (AvgIpc) is 2.78. The summed E-state index contributed by atoms with van der Waals surface area (Å²) in [4.78, 5) is 12.4. The fourth-order valence-electron chi connectivity index (χ4n) is 3.75. The zero-order chi connectivity index (χ0) is 17.3. The summed E-state index contributed by atoms with van der Waals surface area (Å²) < 4.78 is 6.19. The maximum atomic E-state index is 12.4. The SMILES string of the molecule is C=C1CC[C@@H](C(C)C)/C=C/[C@@](C)(O)CC(=O)CC2(C)CC[C@H]1O2. The van der Waals surface area contributed by atoms with E-state index in [0.717, 1.165) is 31.3 Å². The summed E-state index contributed by atoms with van der Waals surface area (Å²) >= 11 is 0. The number of fused-ring (bicyclic) bond motifs is 2. The molecular weight excluding hydrogens is 288 g/mol. The van der Waals surface area contributed by atoms with Crippen LogP contribution >= 0.6 is 0 Å². The Kier molecular flexibility index (Phi) is 5.52. The quantitative estimate of drug-likeness (QED) is 0.736. The molecule has 0 aliphatic carbocycles. The molecule has 0 aromatic heterocycles. The number of carbonyl (C=O) groups is 1. The molecule has 23 heavy (non-hydrogen) atoms. The molecule has 130 valence electrons. The zero-order valence-corrected chi connectivity index (χ0v) is 15.1. The van der Waals surface area contributed by atoms with Gasteiger partial charge in [-0.3, -0.25) is 4.79 Å². The van der Waals surface area contributed by atoms with Crippen LogP contribution in [0.15, 0.2) is 24.3 Å². The number of Topliss-reactive ketones (excluding diaryl/α,β-unsaturated/α-hetero) is 1. The Morgan fingerprint density at radius 1 is 1.30 bits per heavy atom. The van der Waals surface area contributed by atoms with E-state index in [2.05, 4.69) is 26.5 Å². The maximum Gasteiger partial charge on any atom is 0.138 e. The van der Waals surface area contributed by atoms with E-state index in [4.69, 9.17) is 4.74 Å². The lowest BCUT2D eigenvalue weighted by atomic mass is 9.85. The highest BCUT2D eigenvalue weighted by atomic mass is 16.5. The molecule has 3 nitrogen and oxygen atoms in total. The first-order chi connectivity index (χ1) is 10.6. The maximum absolute atomic E-state index is 12.4. The van der Waals surface area contributed by atoms with E-state index in [9.17, 15) is 9.90 Å². The van der Waals surface area contributed by atoms with Gasteiger partial charge in [0, 0.05) is 12.8 Å². The molecule has 2 rings (SSSR count). The standard InChI is InChI=1S/C20H32O3/c1-14(2)16-7-6-15(3)18-9-11-20(5,23-18)13-17(21)12-19(4,22)10-8-16/h8,10,14,16,18,22H,3,6-7,9,11-13H2,1-2,4-5H3/b10-8+/t16-,18-,19-,20?/m1/s1. The second kappa shape index (κ2) is 6.90. The second-order valence-corrected chi connectivity index (χ2v) is 8.31. The lowest BCUT2D eigenvalue weighted by Crippen LogP contribution is -2.32. The number of ether oxygens (including phenoxy) is 1. The molecule has 1 saturated heterocycles. The molecular formula is C20H32O3. The van der Waals surface area contributed by atoms with Gasteiger partial charge in [-0.15, -0.1) is 0 Å². The smallest absolute Gasteiger partial charge is 0.138 e. The van der Waals surface area contributed by atoms with Crippen molar-refractivity contribution in [3.63, 3.8) is 0 Å². The van der Waals surface area contributed by atoms with Crippen LogP contribution in [-0.4, -0.2) is 28.2 Å². The van der Waals surface area contributed by atoms with Crippen LogP contribution in [0.1, 0.15) is 66.2 Å². The van der Waals surface area contributed by atoms with E-state index in [-0.39, 0.29) is 18.3 Å². The molecule has 3 heteroatoms. The normalized spacial score (nSPS) is 41.3. The molecule has 0 aromatic carbocycles. The minimum Gasteiger partial charge on any atom is -0.386 e. The first-order valence-electron chi connectivity index (χ1n) is 8.89. The fourth-order valence-corrected chi connectivity index (χ4v) is 3.75. The van der Waals surface area contributed by atoms with Gasteiger partial charge in [0.1, 0.15) is 5.78 Å². The molecule has 0 spiro atoms. The highest BCUT2D eigenvalue weighted by molar-refractivity contribution is 5.80. The van der Waals surface area contributed by atoms with Gasteiger partial charge in [-0.05, 0) is 56.9 Å². The average molecular weight is 320 g/mol. The Balaban J connectivity index is 2.23. The van der Waals surface area contributed by atoms with Crippen LogP contribution in [0.3, 0.4) is 0 Å². The van der Waals surface area contributed by atoms with Crippen LogP contribution in [0.4, 0.5) is 0 Å². The highest BCUT2D eigenvalue weighted by Gasteiger charge is 2.39. The molecule has 1 fully saturated rings. The molecule has 2 bridgehead atoms. The summed E-state index contributed by atoms with van der Waals surface area (Å²) in [6.45, 7) is 12.4. The van der Waals surface area contributed by atoms with Crippen molar-refractivity contribution in [2.45, 2.75) is 83.5 Å². The van der Waals surface area contributed by atoms with Crippen molar-refractivity contribution in [3.8, 4) is 0 Å². The molecule has 1 N–H and O–H groups in total. The van der Waals surface area contributed by atoms with Gasteiger partial charge < -0.3 is 9.84 Å². The van der Waals surface area contributed by atoms with Crippen LogP contribution in [-0.2, 0) is 9.53 Å². The number of hydrogen-bond acceptors (Lipinski definition) is 3. The lowest BCUT2D eigenvalue weighted by Gasteiger charge is -2.26. The topological polar surface area (TPSA) is 46.5 Å². The summed E-state index contributed by atoms with van der Waals surface area (Å²) in [5, 5.41) is 10.5. The summed E-state index contributed by atoms with van der Waals surface area (Å²) in [5.41, 5.74) is -0.342. The third-order valence-corrected chi connectivity index (χ3v) is 5.30. The van der Waals surface area contributed by atoms with Crippen LogP contribution in [0.25, 0.3) is 0 Å². The largest absolute Gasteiger partial charge is 0.386 e. The van der Waals surface area contributed by atoms with E-state index in [1.165, 1.54) is 0 Å². The number of rotatable bonds is 1. The zero-order valence-electron chi connectivity index (χ0n) is 15.1. The van der Waals surface area contributed by atoms with Gasteiger partial charge in [-0.2, -0.15) is 0 Å². The van der Waals surface area contributed by atoms with Crippen LogP contribution in [0, 0.1) is 11.8 Å². The second-order valence-electron chi connectivity index (χ2n) is 8.31. The third kappa shape index (κ3) is 5.02. The summed E-state index contributed by atoms with van der Waals surface area (Å²) in [5.74, 6) is 0.932. The minimum atomic E-state index is -1.08. The fraction of sp³-hybridized carbons (Fsp3) is 0.750. The predicted molar refractivity (Wildman–Crippen MR) is 93.2 cm³/mol. The van der Waals surface area contributed by atoms with E-state index >= 15 is 0 Å². The Labute approximate surface area is 140 Å². The van der Waals surface area contributed by atoms with Gasteiger partial charge in [-0.1, -0.05) is 32.6 Å². The lowest BCUT2D eigenvalue weighted by molar-refractivity contribution is -0.128. The van der Waals surface area contributed by atoms with Gasteiger partial charge >= 0.3 is 0 Å². The van der Waals surface area contributed by atoms with E-state index in [0.29, 0.717) is 18.3 Å². The van der Waals surface area contributed by atoms with E-state index in [1.807, 2.05) is 13.0 Å². The number of allylic oxidation sites excluding steroid dienone is 1. The van der Waals surface area contributed by atoms with Crippen molar-refractivity contribution < 1.29 is 14.6 Å². The molecule has 2 heterocycles. The minimum absolute atomic E-state index is 0.0637. The van der Waals surface area contributed by atoms with Crippen molar-refractivity contribution in [2.24, 2.45) is 11.8 Å². The van der Waals surface area contributed by atoms with Crippen molar-refractivity contribution in [1.29, 1.82) is 0 Å². The Hall–Kier alpha value is -0.930. The van der Waals surface area contributed by atoms with Gasteiger partial charge in [-0.25, -0.2) is 0 Å². The first-order valence-corrected chi connectivity index (χ1v) is 8.89. The van der Waals surface area contributed by atoms with Crippen molar-refractivity contribution >= 4 is 5.78 Å². The molecule has 0 radical (unpaired) electrons. The molecule has 0 saturated carbocycles. The molecule has 0 aromatic rings. The number of hydrogen-bond donors (Lipinski definition) is 1. The Morgan fingerprint density at radius 2 is 2.00 bits per heavy atom. The van der Waals surface area contributed by atoms with Gasteiger partial charge in [0.2, 0.25) is 0 Å². The highest BCUT2D eigenvalue weighted by Crippen LogP contribution is 2.38. The van der Waals surface area contributed by atoms with Crippen molar-refractivity contribution in [3.05, 3.63) is 24.3 Å². The van der Waals surface area contributed by atoms with Gasteiger partial charge in [0.15, 0.2) is 0 Å². The summed E-state index contributed by atoms with van der Waals surface area (Å²) in [6.07, 6.45) is 8.27. The molecule has 1 unspecified atom stereocenters. The number of aliphatic hydroxyl groups is 1. The van der Waals surface area contributed by atoms with Gasteiger partial charge in [0.25, 0.3) is 0 Å². The monoisotopic (exact) mass is 320 g/mol. The van der Waals surface area contributed by atoms with Gasteiger partial charge in [0.05, 0.1) is 17.3 Å².